The van der Waals surface area contributed by atoms with E-state index in [0.717, 1.165) is 36.7 Å². The van der Waals surface area contributed by atoms with Crippen LogP contribution >= 0.6 is 0 Å². The number of nitrogens with zero attached hydrogens (tertiary/aromatic N) is 3. The van der Waals surface area contributed by atoms with E-state index in [1.54, 1.807) is 24.4 Å². The molecule has 4 N–H and O–H groups in total. The number of carbonyl (C=O) groups is 2. The summed E-state index contributed by atoms with van der Waals surface area (Å²) in [4.78, 5) is 35.0. The fraction of sp³-hybridized carbons (Fsp3) is 0.455. The summed E-state index contributed by atoms with van der Waals surface area (Å²) >= 11 is 0. The smallest absolute Gasteiger partial charge is 0.251 e. The number of fused-ring (bicyclic) bond motifs is 1. The molecule has 2 amide bonds. The maximum absolute atomic E-state index is 12.4. The molecule has 31 heavy (non-hydrogen) atoms. The minimum Gasteiger partial charge on any atom is -0.368 e. The number of carbonyl (C=O) groups excluding carboxylic acids is 2. The number of nitrogens with one attached hydrogen (secondary N) is 4. The van der Waals surface area contributed by atoms with Gasteiger partial charge in [-0.25, -0.2) is 4.98 Å². The van der Waals surface area contributed by atoms with Gasteiger partial charge in [-0.15, -0.1) is 0 Å². The molecular formula is C22H29N7O2. The topological polar surface area (TPSA) is 111 Å². The number of rotatable bonds is 8. The summed E-state index contributed by atoms with van der Waals surface area (Å²) in [6.45, 7) is 4.16. The Kier molecular flexibility index (Phi) is 6.61. The molecule has 2 aliphatic rings. The average Bonchev–Trinajstić information content (AvgIpc) is 3.15. The van der Waals surface area contributed by atoms with Crippen LogP contribution in [-0.2, 0) is 11.2 Å². The van der Waals surface area contributed by atoms with Gasteiger partial charge in [-0.1, -0.05) is 0 Å². The summed E-state index contributed by atoms with van der Waals surface area (Å²) in [5, 5.41) is 12.2. The molecule has 1 aromatic heterocycles. The first kappa shape index (κ1) is 21.0. The van der Waals surface area contributed by atoms with Crippen LogP contribution in [0.4, 0.5) is 17.5 Å². The highest BCUT2D eigenvalue weighted by atomic mass is 16.2. The van der Waals surface area contributed by atoms with E-state index in [4.69, 9.17) is 0 Å². The van der Waals surface area contributed by atoms with Crippen LogP contribution in [0.5, 0.6) is 0 Å². The highest BCUT2D eigenvalue weighted by molar-refractivity contribution is 6.01. The number of likely N-dealkylation sites (tertiary alicyclic amines) is 1. The maximum atomic E-state index is 12.4. The van der Waals surface area contributed by atoms with E-state index in [9.17, 15) is 9.59 Å². The normalized spacial score (nSPS) is 16.5. The van der Waals surface area contributed by atoms with Crippen molar-refractivity contribution in [3.05, 3.63) is 41.6 Å². The van der Waals surface area contributed by atoms with Gasteiger partial charge in [0.2, 0.25) is 11.9 Å². The van der Waals surface area contributed by atoms with E-state index in [1.807, 2.05) is 6.07 Å². The fourth-order valence-corrected chi connectivity index (χ4v) is 3.88. The second-order valence-corrected chi connectivity index (χ2v) is 8.17. The van der Waals surface area contributed by atoms with Crippen molar-refractivity contribution in [3.63, 3.8) is 0 Å². The van der Waals surface area contributed by atoms with Crippen molar-refractivity contribution in [2.45, 2.75) is 19.3 Å². The molecule has 0 unspecified atom stereocenters. The molecule has 0 atom stereocenters. The van der Waals surface area contributed by atoms with E-state index < -0.39 is 0 Å². The average molecular weight is 424 g/mol. The summed E-state index contributed by atoms with van der Waals surface area (Å²) < 4.78 is 0. The molecule has 1 saturated heterocycles. The lowest BCUT2D eigenvalue weighted by Gasteiger charge is -2.28. The SMILES string of the molecule is CN1CCC(CNc2nccc(NCCNC(=O)c3ccc4c(c3)CC(=O)N4)n2)CC1. The summed E-state index contributed by atoms with van der Waals surface area (Å²) in [6, 6.07) is 7.07. The number of hydrogen-bond acceptors (Lipinski definition) is 7. The molecule has 9 heteroatoms. The van der Waals surface area contributed by atoms with Gasteiger partial charge in [0.05, 0.1) is 6.42 Å². The first-order valence-corrected chi connectivity index (χ1v) is 10.8. The first-order chi connectivity index (χ1) is 15.1. The van der Waals surface area contributed by atoms with Crippen molar-refractivity contribution in [1.82, 2.24) is 20.2 Å². The molecule has 2 aromatic rings. The van der Waals surface area contributed by atoms with Gasteiger partial charge in [0.15, 0.2) is 0 Å². The summed E-state index contributed by atoms with van der Waals surface area (Å²) in [5.41, 5.74) is 2.20. The summed E-state index contributed by atoms with van der Waals surface area (Å²) in [5.74, 6) is 1.79. The molecule has 0 aliphatic carbocycles. The van der Waals surface area contributed by atoms with Crippen molar-refractivity contribution < 1.29 is 9.59 Å². The molecule has 0 spiro atoms. The number of aromatic nitrogens is 2. The van der Waals surface area contributed by atoms with Crippen LogP contribution < -0.4 is 21.3 Å². The number of amides is 2. The van der Waals surface area contributed by atoms with Crippen LogP contribution in [0.1, 0.15) is 28.8 Å². The summed E-state index contributed by atoms with van der Waals surface area (Å²) in [6.07, 6.45) is 4.43. The molecule has 0 bridgehead atoms. The molecule has 2 aliphatic heterocycles. The van der Waals surface area contributed by atoms with Gasteiger partial charge in [0, 0.05) is 37.1 Å². The molecule has 3 heterocycles. The van der Waals surface area contributed by atoms with Crippen LogP contribution in [0.25, 0.3) is 0 Å². The Morgan fingerprint density at radius 2 is 2.03 bits per heavy atom. The Hall–Kier alpha value is -3.20. The van der Waals surface area contributed by atoms with Gasteiger partial charge in [-0.05, 0) is 68.7 Å². The van der Waals surface area contributed by atoms with Crippen LogP contribution in [0.15, 0.2) is 30.5 Å². The van der Waals surface area contributed by atoms with Crippen molar-refractivity contribution in [1.29, 1.82) is 0 Å². The third-order valence-electron chi connectivity index (χ3n) is 5.75. The Morgan fingerprint density at radius 3 is 2.87 bits per heavy atom. The van der Waals surface area contributed by atoms with E-state index in [1.165, 1.54) is 12.8 Å². The van der Waals surface area contributed by atoms with Crippen molar-refractivity contribution >= 4 is 29.3 Å². The quantitative estimate of drug-likeness (QED) is 0.477. The minimum absolute atomic E-state index is 0.0400. The van der Waals surface area contributed by atoms with Crippen LogP contribution in [0, 0.1) is 5.92 Å². The predicted octanol–water partition coefficient (Wildman–Crippen LogP) is 1.57. The second-order valence-electron chi connectivity index (χ2n) is 8.17. The molecule has 0 radical (unpaired) electrons. The van der Waals surface area contributed by atoms with E-state index in [-0.39, 0.29) is 11.8 Å². The Bertz CT molecular complexity index is 941. The zero-order valence-corrected chi connectivity index (χ0v) is 17.8. The highest BCUT2D eigenvalue weighted by Crippen LogP contribution is 2.23. The van der Waals surface area contributed by atoms with Gasteiger partial charge in [0.1, 0.15) is 5.82 Å². The van der Waals surface area contributed by atoms with Crippen LogP contribution in [0.2, 0.25) is 0 Å². The number of piperidine rings is 1. The van der Waals surface area contributed by atoms with Crippen molar-refractivity contribution in [2.75, 3.05) is 55.7 Å². The predicted molar refractivity (Wildman–Crippen MR) is 120 cm³/mol. The zero-order valence-electron chi connectivity index (χ0n) is 17.8. The van der Waals surface area contributed by atoms with E-state index in [2.05, 4.69) is 43.2 Å². The van der Waals surface area contributed by atoms with Crippen molar-refractivity contribution in [3.8, 4) is 0 Å². The molecule has 1 fully saturated rings. The van der Waals surface area contributed by atoms with E-state index >= 15 is 0 Å². The lowest BCUT2D eigenvalue weighted by Crippen LogP contribution is -2.33. The first-order valence-electron chi connectivity index (χ1n) is 10.8. The second kappa shape index (κ2) is 9.74. The van der Waals surface area contributed by atoms with Crippen molar-refractivity contribution in [2.24, 2.45) is 5.92 Å². The van der Waals surface area contributed by atoms with Gasteiger partial charge in [-0.2, -0.15) is 4.98 Å². The highest BCUT2D eigenvalue weighted by Gasteiger charge is 2.19. The maximum Gasteiger partial charge on any atom is 0.251 e. The van der Waals surface area contributed by atoms with Gasteiger partial charge in [-0.3, -0.25) is 9.59 Å². The molecule has 4 rings (SSSR count). The molecule has 9 nitrogen and oxygen atoms in total. The van der Waals surface area contributed by atoms with Gasteiger partial charge in [0.25, 0.3) is 5.91 Å². The third-order valence-corrected chi connectivity index (χ3v) is 5.75. The Morgan fingerprint density at radius 1 is 1.19 bits per heavy atom. The van der Waals surface area contributed by atoms with Crippen LogP contribution in [0.3, 0.4) is 0 Å². The summed E-state index contributed by atoms with van der Waals surface area (Å²) in [7, 11) is 2.16. The van der Waals surface area contributed by atoms with E-state index in [0.29, 0.717) is 36.9 Å². The fourth-order valence-electron chi connectivity index (χ4n) is 3.88. The molecule has 1 aromatic carbocycles. The molecular weight excluding hydrogens is 394 g/mol. The molecule has 164 valence electrons. The van der Waals surface area contributed by atoms with Crippen LogP contribution in [-0.4, -0.2) is 66.5 Å². The number of anilines is 3. The third kappa shape index (κ3) is 5.69. The standard InChI is InChI=1S/C22H29N7O2/c1-29-10-5-15(6-11-29)14-26-22-25-7-4-19(28-22)23-8-9-24-21(31)16-2-3-18-17(12-16)13-20(30)27-18/h2-4,7,12,15H,5-6,8-11,13-14H2,1H3,(H,24,31)(H,27,30)(H2,23,25,26,28). The number of benzene rings is 1. The minimum atomic E-state index is -0.160. The zero-order chi connectivity index (χ0) is 21.6. The lowest BCUT2D eigenvalue weighted by molar-refractivity contribution is -0.115. The monoisotopic (exact) mass is 423 g/mol. The Labute approximate surface area is 182 Å². The lowest BCUT2D eigenvalue weighted by atomic mass is 9.97. The van der Waals surface area contributed by atoms with Gasteiger partial charge >= 0.3 is 0 Å². The number of hydrogen-bond donors (Lipinski definition) is 4. The largest absolute Gasteiger partial charge is 0.368 e. The Balaban J connectivity index is 1.19. The molecule has 0 saturated carbocycles. The van der Waals surface area contributed by atoms with Gasteiger partial charge < -0.3 is 26.2 Å².